The molecule has 0 N–H and O–H groups in total. The van der Waals surface area contributed by atoms with E-state index in [-0.39, 0.29) is 0 Å². The van der Waals surface area contributed by atoms with E-state index in [4.69, 9.17) is 11.6 Å². The Morgan fingerprint density at radius 2 is 2.05 bits per heavy atom. The zero-order chi connectivity index (χ0) is 13.9. The molecule has 5 heteroatoms. The first-order valence-electron chi connectivity index (χ1n) is 6.33. The zero-order valence-corrected chi connectivity index (χ0v) is 12.7. The fourth-order valence-electron chi connectivity index (χ4n) is 2.02. The summed E-state index contributed by atoms with van der Waals surface area (Å²) >= 11 is 7.41. The second kappa shape index (κ2) is 5.77. The molecule has 0 radical (unpaired) electrons. The Kier molecular flexibility index (Phi) is 3.85. The molecule has 0 saturated carbocycles. The van der Waals surface area contributed by atoms with E-state index >= 15 is 0 Å². The van der Waals surface area contributed by atoms with Crippen LogP contribution in [0.15, 0.2) is 42.0 Å². The SMILES string of the molecule is Cc1nccn1Cc1ccc(-c2nc(CCl)cs2)cc1. The van der Waals surface area contributed by atoms with Crippen molar-refractivity contribution in [2.75, 3.05) is 0 Å². The van der Waals surface area contributed by atoms with Gasteiger partial charge in [-0.3, -0.25) is 0 Å². The topological polar surface area (TPSA) is 30.7 Å². The molecule has 0 unspecified atom stereocenters. The molecule has 3 rings (SSSR count). The van der Waals surface area contributed by atoms with Gasteiger partial charge in [0, 0.05) is 29.9 Å². The number of aromatic nitrogens is 3. The number of imidazole rings is 1. The van der Waals surface area contributed by atoms with Crippen LogP contribution in [-0.4, -0.2) is 14.5 Å². The van der Waals surface area contributed by atoms with Crippen LogP contribution in [0.5, 0.6) is 0 Å². The summed E-state index contributed by atoms with van der Waals surface area (Å²) in [5, 5.41) is 3.02. The molecular formula is C15H14ClN3S. The Labute approximate surface area is 126 Å². The molecule has 3 aromatic rings. The minimum absolute atomic E-state index is 0.467. The number of benzene rings is 1. The summed E-state index contributed by atoms with van der Waals surface area (Å²) in [6.45, 7) is 2.86. The molecule has 0 amide bonds. The Morgan fingerprint density at radius 1 is 1.25 bits per heavy atom. The third-order valence-electron chi connectivity index (χ3n) is 3.17. The minimum atomic E-state index is 0.467. The van der Waals surface area contributed by atoms with Crippen molar-refractivity contribution in [1.29, 1.82) is 0 Å². The third kappa shape index (κ3) is 2.76. The van der Waals surface area contributed by atoms with Gasteiger partial charge in [0.2, 0.25) is 0 Å². The summed E-state index contributed by atoms with van der Waals surface area (Å²) < 4.78 is 2.13. The smallest absolute Gasteiger partial charge is 0.123 e. The van der Waals surface area contributed by atoms with Crippen LogP contribution in [0.1, 0.15) is 17.1 Å². The van der Waals surface area contributed by atoms with Crippen molar-refractivity contribution in [2.45, 2.75) is 19.3 Å². The van der Waals surface area contributed by atoms with Crippen LogP contribution in [0.2, 0.25) is 0 Å². The first kappa shape index (κ1) is 13.3. The lowest BCUT2D eigenvalue weighted by molar-refractivity contribution is 0.762. The molecule has 102 valence electrons. The van der Waals surface area contributed by atoms with Crippen LogP contribution in [0.25, 0.3) is 10.6 Å². The molecule has 0 spiro atoms. The number of alkyl halides is 1. The van der Waals surface area contributed by atoms with Gasteiger partial charge in [-0.15, -0.1) is 22.9 Å². The molecule has 0 fully saturated rings. The molecular weight excluding hydrogens is 290 g/mol. The van der Waals surface area contributed by atoms with Crippen molar-refractivity contribution in [3.63, 3.8) is 0 Å². The van der Waals surface area contributed by atoms with Crippen molar-refractivity contribution < 1.29 is 0 Å². The summed E-state index contributed by atoms with van der Waals surface area (Å²) in [7, 11) is 0. The van der Waals surface area contributed by atoms with Gasteiger partial charge in [0.05, 0.1) is 11.6 Å². The first-order valence-corrected chi connectivity index (χ1v) is 7.75. The summed E-state index contributed by atoms with van der Waals surface area (Å²) in [5.74, 6) is 1.50. The lowest BCUT2D eigenvalue weighted by Gasteiger charge is -2.05. The Bertz CT molecular complexity index is 700. The Hall–Kier alpha value is -1.65. The van der Waals surface area contributed by atoms with E-state index in [1.54, 1.807) is 11.3 Å². The van der Waals surface area contributed by atoms with E-state index in [1.807, 2.05) is 24.7 Å². The average Bonchev–Trinajstić information content (AvgIpc) is 3.10. The predicted molar refractivity (Wildman–Crippen MR) is 83.2 cm³/mol. The largest absolute Gasteiger partial charge is 0.331 e. The molecule has 0 bridgehead atoms. The zero-order valence-electron chi connectivity index (χ0n) is 11.1. The quantitative estimate of drug-likeness (QED) is 0.679. The Balaban J connectivity index is 1.79. The van der Waals surface area contributed by atoms with E-state index < -0.39 is 0 Å². The van der Waals surface area contributed by atoms with Gasteiger partial charge < -0.3 is 4.57 Å². The molecule has 0 aliphatic rings. The van der Waals surface area contributed by atoms with Crippen molar-refractivity contribution in [3.05, 3.63) is 59.1 Å². The number of halogens is 1. The second-order valence-electron chi connectivity index (χ2n) is 4.58. The number of hydrogen-bond acceptors (Lipinski definition) is 3. The van der Waals surface area contributed by atoms with Gasteiger partial charge in [-0.05, 0) is 12.5 Å². The lowest BCUT2D eigenvalue weighted by atomic mass is 10.1. The van der Waals surface area contributed by atoms with Crippen molar-refractivity contribution >= 4 is 22.9 Å². The van der Waals surface area contributed by atoms with Crippen molar-refractivity contribution in [2.24, 2.45) is 0 Å². The standard InChI is InChI=1S/C15H14ClN3S/c1-11-17-6-7-19(11)9-12-2-4-13(5-3-12)15-18-14(8-16)10-20-15/h2-7,10H,8-9H2,1H3. The van der Waals surface area contributed by atoms with Crippen LogP contribution in [0.3, 0.4) is 0 Å². The van der Waals surface area contributed by atoms with Gasteiger partial charge in [0.1, 0.15) is 10.8 Å². The Morgan fingerprint density at radius 3 is 2.65 bits per heavy atom. The summed E-state index contributed by atoms with van der Waals surface area (Å²) in [6.07, 6.45) is 3.82. The number of hydrogen-bond donors (Lipinski definition) is 0. The molecule has 1 aromatic carbocycles. The molecule has 20 heavy (non-hydrogen) atoms. The molecule has 3 nitrogen and oxygen atoms in total. The number of thiazole rings is 1. The van der Waals surface area contributed by atoms with E-state index in [1.165, 1.54) is 5.56 Å². The maximum absolute atomic E-state index is 5.78. The fourth-order valence-corrected chi connectivity index (χ4v) is 3.08. The van der Waals surface area contributed by atoms with Crippen LogP contribution >= 0.6 is 22.9 Å². The monoisotopic (exact) mass is 303 g/mol. The highest BCUT2D eigenvalue weighted by Crippen LogP contribution is 2.24. The number of nitrogens with zero attached hydrogens (tertiary/aromatic N) is 3. The predicted octanol–water partition coefficient (Wildman–Crippen LogP) is 4.10. The molecule has 0 aliphatic heterocycles. The van der Waals surface area contributed by atoms with Gasteiger partial charge in [0.25, 0.3) is 0 Å². The maximum atomic E-state index is 5.78. The molecule has 2 heterocycles. The molecule has 0 atom stereocenters. The number of aryl methyl sites for hydroxylation is 1. The van der Waals surface area contributed by atoms with Crippen LogP contribution in [-0.2, 0) is 12.4 Å². The third-order valence-corrected chi connectivity index (χ3v) is 4.38. The van der Waals surface area contributed by atoms with E-state index in [2.05, 4.69) is 38.8 Å². The molecule has 0 aliphatic carbocycles. The fraction of sp³-hybridized carbons (Fsp3) is 0.200. The molecule has 2 aromatic heterocycles. The highest BCUT2D eigenvalue weighted by molar-refractivity contribution is 7.13. The van der Waals surface area contributed by atoms with Gasteiger partial charge in [-0.25, -0.2) is 9.97 Å². The molecule has 0 saturated heterocycles. The summed E-state index contributed by atoms with van der Waals surface area (Å²) in [4.78, 5) is 8.72. The normalized spacial score (nSPS) is 10.9. The van der Waals surface area contributed by atoms with Crippen LogP contribution < -0.4 is 0 Å². The first-order chi connectivity index (χ1) is 9.76. The summed E-state index contributed by atoms with van der Waals surface area (Å²) in [6, 6.07) is 8.49. The minimum Gasteiger partial charge on any atom is -0.331 e. The highest BCUT2D eigenvalue weighted by Gasteiger charge is 2.05. The maximum Gasteiger partial charge on any atom is 0.123 e. The lowest BCUT2D eigenvalue weighted by Crippen LogP contribution is -2.00. The number of rotatable bonds is 4. The van der Waals surface area contributed by atoms with Crippen molar-refractivity contribution in [3.8, 4) is 10.6 Å². The second-order valence-corrected chi connectivity index (χ2v) is 5.70. The average molecular weight is 304 g/mol. The van der Waals surface area contributed by atoms with E-state index in [9.17, 15) is 0 Å². The summed E-state index contributed by atoms with van der Waals surface area (Å²) in [5.41, 5.74) is 3.33. The highest BCUT2D eigenvalue weighted by atomic mass is 35.5. The van der Waals surface area contributed by atoms with E-state index in [0.29, 0.717) is 5.88 Å². The van der Waals surface area contributed by atoms with Gasteiger partial charge >= 0.3 is 0 Å². The van der Waals surface area contributed by atoms with Gasteiger partial charge in [-0.2, -0.15) is 0 Å². The van der Waals surface area contributed by atoms with Gasteiger partial charge in [0.15, 0.2) is 0 Å². The van der Waals surface area contributed by atoms with Crippen LogP contribution in [0.4, 0.5) is 0 Å². The van der Waals surface area contributed by atoms with Gasteiger partial charge in [-0.1, -0.05) is 24.3 Å². The van der Waals surface area contributed by atoms with Crippen LogP contribution in [0, 0.1) is 6.92 Å². The van der Waals surface area contributed by atoms with E-state index in [0.717, 1.165) is 28.6 Å². The van der Waals surface area contributed by atoms with Crippen molar-refractivity contribution in [1.82, 2.24) is 14.5 Å².